The van der Waals surface area contributed by atoms with Crippen molar-refractivity contribution in [2.24, 2.45) is 0 Å². The van der Waals surface area contributed by atoms with Crippen LogP contribution in [0.2, 0.25) is 0 Å². The summed E-state index contributed by atoms with van der Waals surface area (Å²) in [6, 6.07) is 5.11. The van der Waals surface area contributed by atoms with Crippen LogP contribution >= 0.6 is 11.3 Å². The average Bonchev–Trinajstić information content (AvgIpc) is 2.71. The molecular weight excluding hydrogens is 252 g/mol. The van der Waals surface area contributed by atoms with Gasteiger partial charge in [0.05, 0.1) is 23.5 Å². The first kappa shape index (κ1) is 12.4. The van der Waals surface area contributed by atoms with E-state index in [1.807, 2.05) is 0 Å². The van der Waals surface area contributed by atoms with Gasteiger partial charge in [-0.05, 0) is 25.1 Å². The van der Waals surface area contributed by atoms with Gasteiger partial charge in [0.1, 0.15) is 10.6 Å². The number of aromatic nitrogens is 1. The molecule has 0 spiro atoms. The number of carbonyl (C=O) groups is 1. The first-order valence-corrected chi connectivity index (χ1v) is 5.99. The number of carboxylic acid groups (broad SMARTS) is 1. The van der Waals surface area contributed by atoms with E-state index in [9.17, 15) is 4.79 Å². The van der Waals surface area contributed by atoms with Gasteiger partial charge in [-0.3, -0.25) is 0 Å². The van der Waals surface area contributed by atoms with E-state index in [0.29, 0.717) is 27.7 Å². The summed E-state index contributed by atoms with van der Waals surface area (Å²) < 4.78 is 5.06. The first-order valence-electron chi connectivity index (χ1n) is 5.17. The molecule has 1 aromatic carbocycles. The van der Waals surface area contributed by atoms with Crippen molar-refractivity contribution in [3.63, 3.8) is 0 Å². The highest BCUT2D eigenvalue weighted by molar-refractivity contribution is 7.14. The number of hydrogen-bond donors (Lipinski definition) is 2. The third-order valence-corrected chi connectivity index (χ3v) is 3.39. The lowest BCUT2D eigenvalue weighted by atomic mass is 10.1. The predicted molar refractivity (Wildman–Crippen MR) is 70.2 cm³/mol. The van der Waals surface area contributed by atoms with E-state index in [1.54, 1.807) is 25.1 Å². The van der Waals surface area contributed by atoms with Crippen LogP contribution in [-0.4, -0.2) is 23.2 Å². The number of aryl methyl sites for hydroxylation is 1. The largest absolute Gasteiger partial charge is 0.495 e. The van der Waals surface area contributed by atoms with Crippen LogP contribution in [0.5, 0.6) is 5.75 Å². The number of aromatic carboxylic acids is 1. The molecule has 0 aliphatic heterocycles. The number of nitrogens with zero attached hydrogens (tertiary/aromatic N) is 1. The standard InChI is InChI=1S/C12H12N2O3S/c1-6-14-10(11(18-6)12(15)16)7-3-4-9(17-2)8(13)5-7/h3-5H,13H2,1-2H3,(H,15,16). The van der Waals surface area contributed by atoms with Crippen LogP contribution in [0.1, 0.15) is 14.7 Å². The van der Waals surface area contributed by atoms with Gasteiger partial charge >= 0.3 is 5.97 Å². The zero-order chi connectivity index (χ0) is 13.3. The van der Waals surface area contributed by atoms with E-state index in [2.05, 4.69) is 4.98 Å². The number of anilines is 1. The van der Waals surface area contributed by atoms with Crippen molar-refractivity contribution in [1.29, 1.82) is 0 Å². The fraction of sp³-hybridized carbons (Fsp3) is 0.167. The Bertz CT molecular complexity index is 607. The summed E-state index contributed by atoms with van der Waals surface area (Å²) in [5, 5.41) is 9.83. The molecule has 0 aliphatic rings. The van der Waals surface area contributed by atoms with E-state index in [0.717, 1.165) is 11.3 Å². The Balaban J connectivity index is 2.55. The molecule has 0 amide bonds. The van der Waals surface area contributed by atoms with Gasteiger partial charge < -0.3 is 15.6 Å². The Morgan fingerprint density at radius 2 is 2.22 bits per heavy atom. The molecule has 0 bridgehead atoms. The van der Waals surface area contributed by atoms with Crippen LogP contribution in [0.3, 0.4) is 0 Å². The SMILES string of the molecule is COc1ccc(-c2nc(C)sc2C(=O)O)cc1N. The lowest BCUT2D eigenvalue weighted by molar-refractivity contribution is 0.0702. The smallest absolute Gasteiger partial charge is 0.348 e. The first-order chi connectivity index (χ1) is 8.52. The number of thiazole rings is 1. The molecule has 1 heterocycles. The van der Waals surface area contributed by atoms with Crippen LogP contribution < -0.4 is 10.5 Å². The summed E-state index contributed by atoms with van der Waals surface area (Å²) >= 11 is 1.15. The molecule has 18 heavy (non-hydrogen) atoms. The van der Waals surface area contributed by atoms with Gasteiger partial charge in [-0.15, -0.1) is 11.3 Å². The number of nitrogen functional groups attached to an aromatic ring is 1. The summed E-state index contributed by atoms with van der Waals surface area (Å²) in [5.74, 6) is -0.424. The summed E-state index contributed by atoms with van der Waals surface area (Å²) in [7, 11) is 1.53. The van der Waals surface area contributed by atoms with E-state index < -0.39 is 5.97 Å². The van der Waals surface area contributed by atoms with E-state index >= 15 is 0 Å². The number of methoxy groups -OCH3 is 1. The number of benzene rings is 1. The molecule has 2 aromatic rings. The number of ether oxygens (including phenoxy) is 1. The molecule has 0 aliphatic carbocycles. The van der Waals surface area contributed by atoms with Crippen molar-refractivity contribution < 1.29 is 14.6 Å². The number of rotatable bonds is 3. The van der Waals surface area contributed by atoms with Crippen molar-refractivity contribution >= 4 is 23.0 Å². The van der Waals surface area contributed by atoms with E-state index in [1.165, 1.54) is 7.11 Å². The lowest BCUT2D eigenvalue weighted by Crippen LogP contribution is -1.97. The minimum atomic E-state index is -0.981. The molecule has 1 aromatic heterocycles. The van der Waals surface area contributed by atoms with Gasteiger partial charge in [-0.2, -0.15) is 0 Å². The molecule has 94 valence electrons. The summed E-state index contributed by atoms with van der Waals surface area (Å²) in [6.07, 6.45) is 0. The topological polar surface area (TPSA) is 85.4 Å². The average molecular weight is 264 g/mol. The quantitative estimate of drug-likeness (QED) is 0.831. The monoisotopic (exact) mass is 264 g/mol. The van der Waals surface area contributed by atoms with Gasteiger partial charge in [0.2, 0.25) is 0 Å². The van der Waals surface area contributed by atoms with Crippen LogP contribution in [0.15, 0.2) is 18.2 Å². The molecule has 0 atom stereocenters. The molecule has 0 saturated carbocycles. The van der Waals surface area contributed by atoms with Gasteiger partial charge in [-0.25, -0.2) is 9.78 Å². The maximum Gasteiger partial charge on any atom is 0.348 e. The van der Waals surface area contributed by atoms with Crippen molar-refractivity contribution in [3.8, 4) is 17.0 Å². The van der Waals surface area contributed by atoms with Gasteiger partial charge in [-0.1, -0.05) is 0 Å². The second-order valence-electron chi connectivity index (χ2n) is 3.67. The number of carboxylic acids is 1. The molecule has 5 nitrogen and oxygen atoms in total. The molecule has 3 N–H and O–H groups in total. The Kier molecular flexibility index (Phi) is 3.20. The fourth-order valence-corrected chi connectivity index (χ4v) is 2.43. The normalized spacial score (nSPS) is 10.3. The zero-order valence-corrected chi connectivity index (χ0v) is 10.7. The second kappa shape index (κ2) is 4.66. The number of nitrogens with two attached hydrogens (primary N) is 1. The van der Waals surface area contributed by atoms with Gasteiger partial charge in [0, 0.05) is 5.56 Å². The maximum absolute atomic E-state index is 11.1. The molecule has 0 saturated heterocycles. The van der Waals surface area contributed by atoms with Crippen LogP contribution in [-0.2, 0) is 0 Å². The van der Waals surface area contributed by atoms with Crippen molar-refractivity contribution in [3.05, 3.63) is 28.1 Å². The number of hydrogen-bond acceptors (Lipinski definition) is 5. The van der Waals surface area contributed by atoms with Crippen LogP contribution in [0.4, 0.5) is 5.69 Å². The van der Waals surface area contributed by atoms with Crippen molar-refractivity contribution in [2.75, 3.05) is 12.8 Å². The molecule has 6 heteroatoms. The predicted octanol–water partition coefficient (Wildman–Crippen LogP) is 2.41. The molecule has 0 radical (unpaired) electrons. The minimum absolute atomic E-state index is 0.220. The summed E-state index contributed by atoms with van der Waals surface area (Å²) in [6.45, 7) is 1.77. The molecule has 0 unspecified atom stereocenters. The Labute approximate surface area is 108 Å². The highest BCUT2D eigenvalue weighted by Crippen LogP contribution is 2.32. The lowest BCUT2D eigenvalue weighted by Gasteiger charge is -2.06. The van der Waals surface area contributed by atoms with Crippen molar-refractivity contribution in [2.45, 2.75) is 6.92 Å². The Hall–Kier alpha value is -2.08. The second-order valence-corrected chi connectivity index (χ2v) is 4.88. The highest BCUT2D eigenvalue weighted by atomic mass is 32.1. The fourth-order valence-electron chi connectivity index (χ4n) is 1.65. The minimum Gasteiger partial charge on any atom is -0.495 e. The maximum atomic E-state index is 11.1. The highest BCUT2D eigenvalue weighted by Gasteiger charge is 2.17. The zero-order valence-electron chi connectivity index (χ0n) is 9.93. The third kappa shape index (κ3) is 2.14. The third-order valence-electron chi connectivity index (χ3n) is 2.43. The van der Waals surface area contributed by atoms with E-state index in [4.69, 9.17) is 15.6 Å². The molecule has 0 fully saturated rings. The Morgan fingerprint density at radius 1 is 1.50 bits per heavy atom. The van der Waals surface area contributed by atoms with E-state index in [-0.39, 0.29) is 4.88 Å². The summed E-state index contributed by atoms with van der Waals surface area (Å²) in [5.41, 5.74) is 7.38. The van der Waals surface area contributed by atoms with Crippen LogP contribution in [0.25, 0.3) is 11.3 Å². The van der Waals surface area contributed by atoms with Crippen LogP contribution in [0, 0.1) is 6.92 Å². The molecule has 2 rings (SSSR count). The summed E-state index contributed by atoms with van der Waals surface area (Å²) in [4.78, 5) is 15.6. The van der Waals surface area contributed by atoms with Crippen molar-refractivity contribution in [1.82, 2.24) is 4.98 Å². The van der Waals surface area contributed by atoms with Gasteiger partial charge in [0.15, 0.2) is 0 Å². The van der Waals surface area contributed by atoms with Gasteiger partial charge in [0.25, 0.3) is 0 Å². The Morgan fingerprint density at radius 3 is 2.78 bits per heavy atom. The molecular formula is C12H12N2O3S.